The number of imide groups is 1. The van der Waals surface area contributed by atoms with Crippen LogP contribution < -0.4 is 10.2 Å². The molecule has 1 aliphatic heterocycles. The molecule has 1 aliphatic rings. The minimum Gasteiger partial charge on any atom is -0.350 e. The molecule has 31 heavy (non-hydrogen) atoms. The van der Waals surface area contributed by atoms with Crippen molar-refractivity contribution in [3.63, 3.8) is 0 Å². The summed E-state index contributed by atoms with van der Waals surface area (Å²) >= 11 is 19.4. The number of rotatable bonds is 5. The minimum atomic E-state index is -0.458. The summed E-state index contributed by atoms with van der Waals surface area (Å²) in [5.74, 6) is -0.869. The van der Waals surface area contributed by atoms with E-state index in [1.54, 1.807) is 43.3 Å². The van der Waals surface area contributed by atoms with Gasteiger partial charge in [0.2, 0.25) is 0 Å². The molecule has 156 valence electrons. The topological polar surface area (TPSA) is 49.4 Å². The lowest BCUT2D eigenvalue weighted by Gasteiger charge is -2.18. The smallest absolute Gasteiger partial charge is 0.283 e. The van der Waals surface area contributed by atoms with Gasteiger partial charge in [0.05, 0.1) is 15.7 Å². The Morgan fingerprint density at radius 3 is 2.26 bits per heavy atom. The number of anilines is 2. The van der Waals surface area contributed by atoms with Crippen LogP contribution in [0.1, 0.15) is 5.56 Å². The molecule has 1 heterocycles. The first kappa shape index (κ1) is 21.8. The average Bonchev–Trinajstić information content (AvgIpc) is 2.96. The highest BCUT2D eigenvalue weighted by Gasteiger charge is 2.40. The predicted octanol–water partition coefficient (Wildman–Crippen LogP) is 6.94. The van der Waals surface area contributed by atoms with Crippen molar-refractivity contribution in [1.29, 1.82) is 0 Å². The maximum Gasteiger partial charge on any atom is 0.283 e. The summed E-state index contributed by atoms with van der Waals surface area (Å²) in [6.07, 6.45) is 0. The van der Waals surface area contributed by atoms with Crippen LogP contribution in [0.2, 0.25) is 15.1 Å². The molecule has 0 unspecified atom stereocenters. The number of benzene rings is 3. The van der Waals surface area contributed by atoms with Crippen LogP contribution in [0.25, 0.3) is 0 Å². The zero-order chi connectivity index (χ0) is 22.1. The van der Waals surface area contributed by atoms with Crippen molar-refractivity contribution in [2.75, 3.05) is 10.2 Å². The molecule has 0 radical (unpaired) electrons. The second-order valence-corrected chi connectivity index (χ2v) is 9.08. The van der Waals surface area contributed by atoms with Gasteiger partial charge in [0.1, 0.15) is 10.6 Å². The second kappa shape index (κ2) is 8.97. The highest BCUT2D eigenvalue weighted by molar-refractivity contribution is 8.04. The molecule has 2 amide bonds. The predicted molar refractivity (Wildman–Crippen MR) is 128 cm³/mol. The van der Waals surface area contributed by atoms with Crippen LogP contribution >= 0.6 is 46.6 Å². The molecule has 0 saturated heterocycles. The van der Waals surface area contributed by atoms with Crippen LogP contribution in [-0.2, 0) is 9.59 Å². The van der Waals surface area contributed by atoms with Crippen LogP contribution in [0.15, 0.2) is 82.2 Å². The first-order valence-electron chi connectivity index (χ1n) is 9.19. The summed E-state index contributed by atoms with van der Waals surface area (Å²) in [6.45, 7) is 1.80. The van der Waals surface area contributed by atoms with Gasteiger partial charge in [-0.3, -0.25) is 9.59 Å². The van der Waals surface area contributed by atoms with Gasteiger partial charge in [0, 0.05) is 15.6 Å². The number of nitrogens with one attached hydrogen (secondary N) is 1. The Kier molecular flexibility index (Phi) is 6.30. The van der Waals surface area contributed by atoms with E-state index in [9.17, 15) is 9.59 Å². The van der Waals surface area contributed by atoms with E-state index in [1.807, 2.05) is 30.3 Å². The number of hydrogen-bond acceptors (Lipinski definition) is 4. The summed E-state index contributed by atoms with van der Waals surface area (Å²) in [6, 6.07) is 19.3. The van der Waals surface area contributed by atoms with Gasteiger partial charge in [0.25, 0.3) is 11.8 Å². The fourth-order valence-electron chi connectivity index (χ4n) is 3.13. The van der Waals surface area contributed by atoms with Crippen molar-refractivity contribution in [3.05, 3.63) is 98.0 Å². The van der Waals surface area contributed by atoms with Crippen molar-refractivity contribution >= 4 is 69.8 Å². The van der Waals surface area contributed by atoms with Gasteiger partial charge >= 0.3 is 0 Å². The molecule has 3 aromatic carbocycles. The highest BCUT2D eigenvalue weighted by atomic mass is 35.5. The fourth-order valence-corrected chi connectivity index (χ4v) is 4.60. The molecule has 0 aliphatic carbocycles. The van der Waals surface area contributed by atoms with E-state index in [1.165, 1.54) is 11.8 Å². The Morgan fingerprint density at radius 1 is 0.839 bits per heavy atom. The molecule has 1 N–H and O–H groups in total. The third kappa shape index (κ3) is 4.46. The normalized spacial score (nSPS) is 13.9. The van der Waals surface area contributed by atoms with Crippen molar-refractivity contribution < 1.29 is 9.59 Å². The standard InChI is InChI=1S/C23H15Cl3N2O2S/c1-13-11-14(24)7-10-19(13)28-22(29)20(27-15-8-9-17(25)18(26)12-15)21(23(28)30)31-16-5-3-2-4-6-16/h2-12,27H,1H3. The van der Waals surface area contributed by atoms with Gasteiger partial charge in [0.15, 0.2) is 0 Å². The molecule has 8 heteroatoms. The number of thioether (sulfide) groups is 1. The number of aryl methyl sites for hydroxylation is 1. The van der Waals surface area contributed by atoms with E-state index < -0.39 is 11.8 Å². The van der Waals surface area contributed by atoms with Crippen molar-refractivity contribution in [2.24, 2.45) is 0 Å². The van der Waals surface area contributed by atoms with E-state index >= 15 is 0 Å². The fraction of sp³-hybridized carbons (Fsp3) is 0.0435. The summed E-state index contributed by atoms with van der Waals surface area (Å²) in [5, 5.41) is 4.33. The lowest BCUT2D eigenvalue weighted by atomic mass is 10.2. The monoisotopic (exact) mass is 488 g/mol. The Morgan fingerprint density at radius 2 is 1.58 bits per heavy atom. The zero-order valence-electron chi connectivity index (χ0n) is 16.2. The zero-order valence-corrected chi connectivity index (χ0v) is 19.2. The molecule has 0 fully saturated rings. The molecular weight excluding hydrogens is 475 g/mol. The first-order chi connectivity index (χ1) is 14.8. The van der Waals surface area contributed by atoms with Crippen LogP contribution in [0.5, 0.6) is 0 Å². The Labute approximate surface area is 198 Å². The molecule has 0 aromatic heterocycles. The van der Waals surface area contributed by atoms with Crippen molar-refractivity contribution in [1.82, 2.24) is 0 Å². The largest absolute Gasteiger partial charge is 0.350 e. The lowest BCUT2D eigenvalue weighted by Crippen LogP contribution is -2.32. The van der Waals surface area contributed by atoms with E-state index in [4.69, 9.17) is 34.8 Å². The molecule has 0 atom stereocenters. The number of nitrogens with zero attached hydrogens (tertiary/aromatic N) is 1. The van der Waals surface area contributed by atoms with E-state index in [0.717, 1.165) is 9.80 Å². The molecule has 0 saturated carbocycles. The molecule has 0 bridgehead atoms. The Balaban J connectivity index is 1.77. The number of amides is 2. The number of hydrogen-bond donors (Lipinski definition) is 1. The van der Waals surface area contributed by atoms with E-state index in [0.29, 0.717) is 32.0 Å². The van der Waals surface area contributed by atoms with Crippen molar-refractivity contribution in [3.8, 4) is 0 Å². The quantitative estimate of drug-likeness (QED) is 0.394. The van der Waals surface area contributed by atoms with Gasteiger partial charge in [-0.1, -0.05) is 64.8 Å². The first-order valence-corrected chi connectivity index (χ1v) is 11.1. The average molecular weight is 490 g/mol. The molecule has 4 rings (SSSR count). The van der Waals surface area contributed by atoms with Gasteiger partial charge in [-0.25, -0.2) is 4.90 Å². The highest BCUT2D eigenvalue weighted by Crippen LogP contribution is 2.39. The number of carbonyl (C=O) groups excluding carboxylic acids is 2. The summed E-state index contributed by atoms with van der Waals surface area (Å²) in [5.41, 5.74) is 1.92. The van der Waals surface area contributed by atoms with Gasteiger partial charge in [-0.2, -0.15) is 0 Å². The molecule has 3 aromatic rings. The number of halogens is 3. The van der Waals surface area contributed by atoms with Crippen LogP contribution in [0.4, 0.5) is 11.4 Å². The van der Waals surface area contributed by atoms with Gasteiger partial charge in [-0.15, -0.1) is 0 Å². The summed E-state index contributed by atoms with van der Waals surface area (Å²) in [4.78, 5) is 29.1. The van der Waals surface area contributed by atoms with Gasteiger partial charge < -0.3 is 5.32 Å². The SMILES string of the molecule is Cc1cc(Cl)ccc1N1C(=O)C(Nc2ccc(Cl)c(Cl)c2)=C(Sc2ccccc2)C1=O. The molecular formula is C23H15Cl3N2O2S. The maximum absolute atomic E-state index is 13.4. The second-order valence-electron chi connectivity index (χ2n) is 6.75. The minimum absolute atomic E-state index is 0.173. The summed E-state index contributed by atoms with van der Waals surface area (Å²) in [7, 11) is 0. The third-order valence-electron chi connectivity index (χ3n) is 4.59. The Bertz CT molecular complexity index is 1230. The number of carbonyl (C=O) groups is 2. The van der Waals surface area contributed by atoms with Gasteiger partial charge in [-0.05, 0) is 61.0 Å². The maximum atomic E-state index is 13.4. The lowest BCUT2D eigenvalue weighted by molar-refractivity contribution is -0.120. The van der Waals surface area contributed by atoms with E-state index in [2.05, 4.69) is 5.32 Å². The Hall–Kier alpha value is -2.44. The van der Waals surface area contributed by atoms with E-state index in [-0.39, 0.29) is 10.6 Å². The molecule has 0 spiro atoms. The van der Waals surface area contributed by atoms with Crippen LogP contribution in [0.3, 0.4) is 0 Å². The van der Waals surface area contributed by atoms with Crippen molar-refractivity contribution in [2.45, 2.75) is 11.8 Å². The molecule has 4 nitrogen and oxygen atoms in total. The van der Waals surface area contributed by atoms with Crippen LogP contribution in [0, 0.1) is 6.92 Å². The third-order valence-corrected chi connectivity index (χ3v) is 6.66. The summed E-state index contributed by atoms with van der Waals surface area (Å²) < 4.78 is 0. The van der Waals surface area contributed by atoms with Crippen LogP contribution in [-0.4, -0.2) is 11.8 Å².